The SMILES string of the molecule is CCNC(=O)[C@@H](C)OC(=O)CCc1nc2sc3c(c2c(=O)[nH]1)CCCC3. The van der Waals surface area contributed by atoms with Crippen LogP contribution in [-0.4, -0.2) is 34.5 Å². The third-order valence-corrected chi connectivity index (χ3v) is 5.65. The van der Waals surface area contributed by atoms with E-state index in [-0.39, 0.29) is 24.3 Å². The first kappa shape index (κ1) is 18.6. The van der Waals surface area contributed by atoms with Crippen molar-refractivity contribution in [1.29, 1.82) is 0 Å². The fourth-order valence-electron chi connectivity index (χ4n) is 3.17. The summed E-state index contributed by atoms with van der Waals surface area (Å²) in [5.74, 6) is -0.335. The van der Waals surface area contributed by atoms with Crippen molar-refractivity contribution in [3.63, 3.8) is 0 Å². The predicted molar refractivity (Wildman–Crippen MR) is 99.4 cm³/mol. The highest BCUT2D eigenvalue weighted by molar-refractivity contribution is 7.18. The molecule has 0 bridgehead atoms. The lowest BCUT2D eigenvalue weighted by Crippen LogP contribution is -2.35. The van der Waals surface area contributed by atoms with Crippen molar-refractivity contribution < 1.29 is 14.3 Å². The molecule has 0 spiro atoms. The summed E-state index contributed by atoms with van der Waals surface area (Å²) in [5.41, 5.74) is 1.01. The van der Waals surface area contributed by atoms with Crippen LogP contribution in [0.25, 0.3) is 10.2 Å². The maximum absolute atomic E-state index is 12.5. The number of rotatable bonds is 6. The highest BCUT2D eigenvalue weighted by Gasteiger charge is 2.20. The van der Waals surface area contributed by atoms with Crippen LogP contribution >= 0.6 is 11.3 Å². The molecule has 2 heterocycles. The molecule has 3 rings (SSSR count). The first-order valence-electron chi connectivity index (χ1n) is 9.00. The zero-order valence-electron chi connectivity index (χ0n) is 15.0. The highest BCUT2D eigenvalue weighted by atomic mass is 32.1. The van der Waals surface area contributed by atoms with E-state index in [2.05, 4.69) is 15.3 Å². The molecular formula is C18H23N3O4S. The van der Waals surface area contributed by atoms with Crippen molar-refractivity contribution in [3.05, 3.63) is 26.6 Å². The molecule has 2 aromatic rings. The van der Waals surface area contributed by atoms with E-state index in [9.17, 15) is 14.4 Å². The largest absolute Gasteiger partial charge is 0.453 e. The number of likely N-dealkylation sites (N-methyl/N-ethyl adjacent to an activating group) is 1. The summed E-state index contributed by atoms with van der Waals surface area (Å²) in [7, 11) is 0. The molecule has 0 saturated carbocycles. The number of aromatic amines is 1. The van der Waals surface area contributed by atoms with Crippen LogP contribution in [-0.2, 0) is 33.6 Å². The Balaban J connectivity index is 1.67. The number of hydrogen-bond acceptors (Lipinski definition) is 6. The number of esters is 1. The van der Waals surface area contributed by atoms with Gasteiger partial charge in [-0.2, -0.15) is 0 Å². The van der Waals surface area contributed by atoms with Gasteiger partial charge >= 0.3 is 5.97 Å². The number of thiophene rings is 1. The van der Waals surface area contributed by atoms with Gasteiger partial charge in [-0.05, 0) is 45.1 Å². The smallest absolute Gasteiger partial charge is 0.307 e. The van der Waals surface area contributed by atoms with E-state index in [1.807, 2.05) is 0 Å². The number of ether oxygens (including phenoxy) is 1. The third-order valence-electron chi connectivity index (χ3n) is 4.47. The fraction of sp³-hybridized carbons (Fsp3) is 0.556. The zero-order chi connectivity index (χ0) is 18.7. The minimum Gasteiger partial charge on any atom is -0.453 e. The van der Waals surface area contributed by atoms with Gasteiger partial charge in [-0.15, -0.1) is 11.3 Å². The molecule has 0 aliphatic heterocycles. The van der Waals surface area contributed by atoms with Gasteiger partial charge in [0, 0.05) is 17.8 Å². The van der Waals surface area contributed by atoms with Crippen molar-refractivity contribution in [2.24, 2.45) is 0 Å². The number of H-pyrrole nitrogens is 1. The molecule has 8 heteroatoms. The molecule has 2 N–H and O–H groups in total. The Morgan fingerprint density at radius 3 is 2.88 bits per heavy atom. The molecule has 0 saturated heterocycles. The Kier molecular flexibility index (Phi) is 5.70. The van der Waals surface area contributed by atoms with Crippen LogP contribution in [0, 0.1) is 0 Å². The molecule has 26 heavy (non-hydrogen) atoms. The van der Waals surface area contributed by atoms with E-state index in [4.69, 9.17) is 4.74 Å². The molecule has 7 nitrogen and oxygen atoms in total. The van der Waals surface area contributed by atoms with E-state index < -0.39 is 12.1 Å². The van der Waals surface area contributed by atoms with Gasteiger partial charge < -0.3 is 15.0 Å². The molecule has 140 valence electrons. The first-order valence-corrected chi connectivity index (χ1v) is 9.82. The molecule has 1 amide bonds. The fourth-order valence-corrected chi connectivity index (χ4v) is 4.46. The number of carbonyl (C=O) groups is 2. The number of aryl methyl sites for hydroxylation is 3. The summed E-state index contributed by atoms with van der Waals surface area (Å²) >= 11 is 1.58. The van der Waals surface area contributed by atoms with E-state index in [1.54, 1.807) is 18.3 Å². The molecule has 0 radical (unpaired) electrons. The molecule has 1 aliphatic rings. The van der Waals surface area contributed by atoms with Gasteiger partial charge in [0.1, 0.15) is 10.7 Å². The Morgan fingerprint density at radius 2 is 2.12 bits per heavy atom. The van der Waals surface area contributed by atoms with Crippen LogP contribution in [0.15, 0.2) is 4.79 Å². The Labute approximate surface area is 155 Å². The Morgan fingerprint density at radius 1 is 1.35 bits per heavy atom. The second kappa shape index (κ2) is 7.99. The maximum atomic E-state index is 12.5. The molecule has 1 aliphatic carbocycles. The lowest BCUT2D eigenvalue weighted by atomic mass is 9.97. The standard InChI is InChI=1S/C18H23N3O4S/c1-3-19-16(23)10(2)25-14(22)9-8-13-20-17(24)15-11-6-4-5-7-12(11)26-18(15)21-13/h10H,3-9H2,1-2H3,(H,19,23)(H,20,21,24)/t10-/m1/s1. The lowest BCUT2D eigenvalue weighted by molar-refractivity contribution is -0.154. The minimum atomic E-state index is -0.832. The predicted octanol–water partition coefficient (Wildman–Crippen LogP) is 1.86. The van der Waals surface area contributed by atoms with Crippen molar-refractivity contribution in [2.75, 3.05) is 6.54 Å². The minimum absolute atomic E-state index is 0.0588. The molecule has 0 unspecified atom stereocenters. The van der Waals surface area contributed by atoms with Crippen molar-refractivity contribution in [2.45, 2.75) is 58.5 Å². The Hall–Kier alpha value is -2.22. The van der Waals surface area contributed by atoms with Gasteiger partial charge in [-0.25, -0.2) is 4.98 Å². The average Bonchev–Trinajstić information content (AvgIpc) is 2.99. The summed E-state index contributed by atoms with van der Waals surface area (Å²) in [6, 6.07) is 0. The first-order chi connectivity index (χ1) is 12.5. The summed E-state index contributed by atoms with van der Waals surface area (Å²) in [4.78, 5) is 45.3. The van der Waals surface area contributed by atoms with E-state index in [0.29, 0.717) is 17.8 Å². The van der Waals surface area contributed by atoms with Gasteiger partial charge in [0.2, 0.25) is 0 Å². The van der Waals surface area contributed by atoms with Crippen LogP contribution in [0.4, 0.5) is 0 Å². The van der Waals surface area contributed by atoms with Gasteiger partial charge in [0.15, 0.2) is 6.10 Å². The normalized spacial score (nSPS) is 14.7. The van der Waals surface area contributed by atoms with Crippen molar-refractivity contribution in [1.82, 2.24) is 15.3 Å². The van der Waals surface area contributed by atoms with Crippen LogP contribution in [0.3, 0.4) is 0 Å². The number of amides is 1. The zero-order valence-corrected chi connectivity index (χ0v) is 15.8. The molecule has 1 atom stereocenters. The highest BCUT2D eigenvalue weighted by Crippen LogP contribution is 2.33. The van der Waals surface area contributed by atoms with Crippen LogP contribution in [0.2, 0.25) is 0 Å². The van der Waals surface area contributed by atoms with Gasteiger partial charge in [0.05, 0.1) is 11.8 Å². The number of nitrogens with one attached hydrogen (secondary N) is 2. The summed E-state index contributed by atoms with van der Waals surface area (Å²) in [6.45, 7) is 3.81. The number of nitrogens with zero attached hydrogens (tertiary/aromatic N) is 1. The van der Waals surface area contributed by atoms with E-state index in [1.165, 1.54) is 11.8 Å². The van der Waals surface area contributed by atoms with Crippen molar-refractivity contribution in [3.8, 4) is 0 Å². The molecular weight excluding hydrogens is 354 g/mol. The van der Waals surface area contributed by atoms with Gasteiger partial charge in [0.25, 0.3) is 11.5 Å². The molecule has 0 aromatic carbocycles. The van der Waals surface area contributed by atoms with Crippen LogP contribution in [0.5, 0.6) is 0 Å². The molecule has 2 aromatic heterocycles. The second-order valence-electron chi connectivity index (χ2n) is 6.43. The van der Waals surface area contributed by atoms with Crippen molar-refractivity contribution >= 4 is 33.4 Å². The lowest BCUT2D eigenvalue weighted by Gasteiger charge is -2.12. The Bertz CT molecular complexity index is 886. The number of carbonyl (C=O) groups excluding carboxylic acids is 2. The molecule has 0 fully saturated rings. The number of hydrogen-bond donors (Lipinski definition) is 2. The number of fused-ring (bicyclic) bond motifs is 3. The van der Waals surface area contributed by atoms with E-state index >= 15 is 0 Å². The maximum Gasteiger partial charge on any atom is 0.307 e. The third kappa shape index (κ3) is 3.95. The van der Waals surface area contributed by atoms with Gasteiger partial charge in [-0.1, -0.05) is 0 Å². The summed E-state index contributed by atoms with van der Waals surface area (Å²) in [6.07, 6.45) is 3.70. The van der Waals surface area contributed by atoms with Crippen LogP contribution in [0.1, 0.15) is 49.4 Å². The topological polar surface area (TPSA) is 101 Å². The number of aromatic nitrogens is 2. The summed E-state index contributed by atoms with van der Waals surface area (Å²) < 4.78 is 5.10. The quantitative estimate of drug-likeness (QED) is 0.749. The summed E-state index contributed by atoms with van der Waals surface area (Å²) in [5, 5.41) is 3.31. The van der Waals surface area contributed by atoms with E-state index in [0.717, 1.165) is 36.1 Å². The van der Waals surface area contributed by atoms with Gasteiger partial charge in [-0.3, -0.25) is 14.4 Å². The average molecular weight is 377 g/mol. The second-order valence-corrected chi connectivity index (χ2v) is 7.51. The monoisotopic (exact) mass is 377 g/mol. The van der Waals surface area contributed by atoms with Crippen LogP contribution < -0.4 is 10.9 Å².